The van der Waals surface area contributed by atoms with E-state index >= 15 is 0 Å². The molecule has 102 valence electrons. The van der Waals surface area contributed by atoms with Crippen LogP contribution in [0.15, 0.2) is 18.7 Å². The Labute approximate surface area is 113 Å². The maximum absolute atomic E-state index is 12.3. The van der Waals surface area contributed by atoms with Gasteiger partial charge in [0.2, 0.25) is 5.91 Å². The maximum atomic E-state index is 12.3. The highest BCUT2D eigenvalue weighted by Crippen LogP contribution is 2.31. The van der Waals surface area contributed by atoms with Crippen molar-refractivity contribution < 1.29 is 4.79 Å². The third-order valence-electron chi connectivity index (χ3n) is 4.29. The van der Waals surface area contributed by atoms with Gasteiger partial charge < -0.3 is 9.80 Å². The van der Waals surface area contributed by atoms with Crippen LogP contribution < -0.4 is 0 Å². The molecule has 5 heteroatoms. The van der Waals surface area contributed by atoms with Crippen LogP contribution in [0.3, 0.4) is 0 Å². The van der Waals surface area contributed by atoms with Crippen molar-refractivity contribution in [1.29, 1.82) is 0 Å². The summed E-state index contributed by atoms with van der Waals surface area (Å²) in [5.41, 5.74) is 1.04. The topological polar surface area (TPSA) is 49.3 Å². The van der Waals surface area contributed by atoms with Gasteiger partial charge in [0, 0.05) is 44.5 Å². The second-order valence-corrected chi connectivity index (χ2v) is 5.67. The maximum Gasteiger partial charge on any atom is 0.223 e. The number of hydrogen-bond donors (Lipinski definition) is 0. The van der Waals surface area contributed by atoms with Gasteiger partial charge in [0.15, 0.2) is 0 Å². The molecule has 1 amide bonds. The van der Waals surface area contributed by atoms with E-state index < -0.39 is 0 Å². The monoisotopic (exact) mass is 260 g/mol. The molecule has 3 heterocycles. The number of rotatable bonds is 3. The summed E-state index contributed by atoms with van der Waals surface area (Å²) in [7, 11) is 2.14. The third kappa shape index (κ3) is 2.61. The summed E-state index contributed by atoms with van der Waals surface area (Å²) in [6.45, 7) is 3.11. The molecule has 2 aliphatic heterocycles. The molecule has 0 unspecified atom stereocenters. The molecule has 0 aromatic carbocycles. The molecule has 0 spiro atoms. The molecule has 0 saturated carbocycles. The summed E-state index contributed by atoms with van der Waals surface area (Å²) in [5.74, 6) is 0.973. The second kappa shape index (κ2) is 5.25. The number of hydrogen-bond acceptors (Lipinski definition) is 4. The van der Waals surface area contributed by atoms with Crippen LogP contribution in [0.4, 0.5) is 0 Å². The SMILES string of the molecule is CN1C[C@@H]2CCN(C(=O)CCc3cncnc3)[C@@H]2C1. The van der Waals surface area contributed by atoms with Crippen LogP contribution >= 0.6 is 0 Å². The highest BCUT2D eigenvalue weighted by atomic mass is 16.2. The largest absolute Gasteiger partial charge is 0.338 e. The van der Waals surface area contributed by atoms with Crippen LogP contribution in [0, 0.1) is 5.92 Å². The number of amides is 1. The average Bonchev–Trinajstić information content (AvgIpc) is 2.96. The molecule has 1 aromatic rings. The molecule has 0 aliphatic carbocycles. The van der Waals surface area contributed by atoms with E-state index in [0.29, 0.717) is 18.4 Å². The lowest BCUT2D eigenvalue weighted by atomic mass is 10.0. The number of fused-ring (bicyclic) bond motifs is 1. The summed E-state index contributed by atoms with van der Waals surface area (Å²) in [5, 5.41) is 0. The number of carbonyl (C=O) groups excluding carboxylic acids is 1. The van der Waals surface area contributed by atoms with Gasteiger partial charge in [-0.05, 0) is 31.4 Å². The molecule has 2 aliphatic rings. The van der Waals surface area contributed by atoms with Gasteiger partial charge in [-0.3, -0.25) is 4.79 Å². The van der Waals surface area contributed by atoms with Crippen molar-refractivity contribution in [1.82, 2.24) is 19.8 Å². The standard InChI is InChI=1S/C14H20N4O/c1-17-8-12-4-5-18(13(12)9-17)14(19)3-2-11-6-15-10-16-7-11/h6-7,10,12-13H,2-5,8-9H2,1H3/t12-,13+/m0/s1. The van der Waals surface area contributed by atoms with Gasteiger partial charge in [-0.15, -0.1) is 0 Å². The van der Waals surface area contributed by atoms with E-state index in [9.17, 15) is 4.79 Å². The Kier molecular flexibility index (Phi) is 3.46. The van der Waals surface area contributed by atoms with Crippen LogP contribution in [0.25, 0.3) is 0 Å². The van der Waals surface area contributed by atoms with E-state index in [0.717, 1.165) is 38.0 Å². The van der Waals surface area contributed by atoms with E-state index in [1.54, 1.807) is 12.4 Å². The molecular formula is C14H20N4O. The molecule has 1 aromatic heterocycles. The van der Waals surface area contributed by atoms with Gasteiger partial charge in [0.1, 0.15) is 6.33 Å². The minimum Gasteiger partial charge on any atom is -0.338 e. The fourth-order valence-corrected chi connectivity index (χ4v) is 3.34. The summed E-state index contributed by atoms with van der Waals surface area (Å²) in [4.78, 5) is 24.7. The highest BCUT2D eigenvalue weighted by Gasteiger charge is 2.41. The number of aromatic nitrogens is 2. The molecule has 2 atom stereocenters. The molecule has 0 radical (unpaired) electrons. The van der Waals surface area contributed by atoms with E-state index in [1.807, 2.05) is 0 Å². The van der Waals surface area contributed by atoms with E-state index in [2.05, 4.69) is 26.8 Å². The van der Waals surface area contributed by atoms with Crippen molar-refractivity contribution in [2.24, 2.45) is 5.92 Å². The van der Waals surface area contributed by atoms with Gasteiger partial charge in [-0.1, -0.05) is 0 Å². The Balaban J connectivity index is 1.56. The van der Waals surface area contributed by atoms with Crippen molar-refractivity contribution in [2.75, 3.05) is 26.7 Å². The number of aryl methyl sites for hydroxylation is 1. The lowest BCUT2D eigenvalue weighted by Gasteiger charge is -2.24. The second-order valence-electron chi connectivity index (χ2n) is 5.67. The minimum absolute atomic E-state index is 0.284. The van der Waals surface area contributed by atoms with Crippen molar-refractivity contribution in [3.05, 3.63) is 24.3 Å². The normalized spacial score (nSPS) is 26.7. The van der Waals surface area contributed by atoms with Crippen LogP contribution in [0.5, 0.6) is 0 Å². The van der Waals surface area contributed by atoms with Crippen molar-refractivity contribution in [3.63, 3.8) is 0 Å². The Bertz CT molecular complexity index is 450. The predicted octanol–water partition coefficient (Wildman–Crippen LogP) is 0.572. The molecular weight excluding hydrogens is 240 g/mol. The lowest BCUT2D eigenvalue weighted by molar-refractivity contribution is -0.132. The molecule has 19 heavy (non-hydrogen) atoms. The zero-order chi connectivity index (χ0) is 13.2. The molecule has 0 bridgehead atoms. The Hall–Kier alpha value is -1.49. The fourth-order valence-electron chi connectivity index (χ4n) is 3.34. The average molecular weight is 260 g/mol. The molecule has 2 fully saturated rings. The number of carbonyl (C=O) groups is 1. The Morgan fingerprint density at radius 2 is 2.16 bits per heavy atom. The number of likely N-dealkylation sites (N-methyl/N-ethyl adjacent to an activating group) is 1. The minimum atomic E-state index is 0.284. The number of nitrogens with zero attached hydrogens (tertiary/aromatic N) is 4. The Morgan fingerprint density at radius 1 is 1.37 bits per heavy atom. The first-order chi connectivity index (χ1) is 9.24. The summed E-state index contributed by atoms with van der Waals surface area (Å²) >= 11 is 0. The first-order valence-corrected chi connectivity index (χ1v) is 6.96. The third-order valence-corrected chi connectivity index (χ3v) is 4.29. The van der Waals surface area contributed by atoms with Gasteiger partial charge >= 0.3 is 0 Å². The fraction of sp³-hybridized carbons (Fsp3) is 0.643. The zero-order valence-corrected chi connectivity index (χ0v) is 11.3. The summed E-state index contributed by atoms with van der Waals surface area (Å²) < 4.78 is 0. The van der Waals surface area contributed by atoms with E-state index in [1.165, 1.54) is 6.33 Å². The van der Waals surface area contributed by atoms with Crippen molar-refractivity contribution in [2.45, 2.75) is 25.3 Å². The van der Waals surface area contributed by atoms with Crippen molar-refractivity contribution in [3.8, 4) is 0 Å². The van der Waals surface area contributed by atoms with Crippen LogP contribution in [-0.2, 0) is 11.2 Å². The molecule has 0 N–H and O–H groups in total. The quantitative estimate of drug-likeness (QED) is 0.797. The summed E-state index contributed by atoms with van der Waals surface area (Å²) in [6.07, 6.45) is 7.57. The van der Waals surface area contributed by atoms with E-state index in [-0.39, 0.29) is 5.91 Å². The molecule has 2 saturated heterocycles. The smallest absolute Gasteiger partial charge is 0.223 e. The zero-order valence-electron chi connectivity index (χ0n) is 11.3. The van der Waals surface area contributed by atoms with Gasteiger partial charge in [-0.25, -0.2) is 9.97 Å². The molecule has 3 rings (SSSR count). The van der Waals surface area contributed by atoms with E-state index in [4.69, 9.17) is 0 Å². The van der Waals surface area contributed by atoms with Crippen LogP contribution in [0.1, 0.15) is 18.4 Å². The van der Waals surface area contributed by atoms with Crippen LogP contribution in [0.2, 0.25) is 0 Å². The predicted molar refractivity (Wildman–Crippen MR) is 71.5 cm³/mol. The van der Waals surface area contributed by atoms with Gasteiger partial charge in [0.25, 0.3) is 0 Å². The highest BCUT2D eigenvalue weighted by molar-refractivity contribution is 5.77. The molecule has 5 nitrogen and oxygen atoms in total. The Morgan fingerprint density at radius 3 is 2.95 bits per heavy atom. The van der Waals surface area contributed by atoms with Gasteiger partial charge in [0.05, 0.1) is 0 Å². The summed E-state index contributed by atoms with van der Waals surface area (Å²) in [6, 6.07) is 0.449. The van der Waals surface area contributed by atoms with Crippen LogP contribution in [-0.4, -0.2) is 58.4 Å². The van der Waals surface area contributed by atoms with Crippen molar-refractivity contribution >= 4 is 5.91 Å². The first kappa shape index (κ1) is 12.5. The lowest BCUT2D eigenvalue weighted by Crippen LogP contribution is -2.39. The first-order valence-electron chi connectivity index (χ1n) is 6.96. The number of likely N-dealkylation sites (tertiary alicyclic amines) is 2. The van der Waals surface area contributed by atoms with Gasteiger partial charge in [-0.2, -0.15) is 0 Å².